The molecule has 0 aromatic heterocycles. The van der Waals surface area contributed by atoms with Crippen molar-refractivity contribution in [3.8, 4) is 5.75 Å². The molecule has 0 bridgehead atoms. The molecule has 0 spiro atoms. The molecule has 138 valence electrons. The number of benzene rings is 2. The molecule has 0 radical (unpaired) electrons. The van der Waals surface area contributed by atoms with E-state index in [2.05, 4.69) is 5.32 Å². The number of amides is 1. The van der Waals surface area contributed by atoms with Crippen LogP contribution in [0.2, 0.25) is 5.02 Å². The normalized spacial score (nSPS) is 17.0. The van der Waals surface area contributed by atoms with Crippen LogP contribution >= 0.6 is 11.6 Å². The molecule has 1 aliphatic rings. The van der Waals surface area contributed by atoms with E-state index in [-0.39, 0.29) is 18.9 Å². The largest absolute Gasteiger partial charge is 0.478 e. The molecule has 1 atom stereocenters. The Kier molecular flexibility index (Phi) is 5.11. The van der Waals surface area contributed by atoms with Gasteiger partial charge in [-0.15, -0.1) is 0 Å². The Hall–Kier alpha value is -2.25. The van der Waals surface area contributed by atoms with Crippen molar-refractivity contribution in [1.29, 1.82) is 0 Å². The smallest absolute Gasteiger partial charge is 0.265 e. The van der Waals surface area contributed by atoms with Gasteiger partial charge in [0.1, 0.15) is 5.75 Å². The molecule has 0 fully saturated rings. The average molecular weight is 395 g/mol. The van der Waals surface area contributed by atoms with Crippen LogP contribution in [0.25, 0.3) is 0 Å². The van der Waals surface area contributed by atoms with E-state index in [9.17, 15) is 13.2 Å². The minimum atomic E-state index is -3.53. The van der Waals surface area contributed by atoms with Crippen molar-refractivity contribution in [2.75, 3.05) is 22.4 Å². The molecule has 1 N–H and O–H groups in total. The number of carbonyl (C=O) groups is 1. The van der Waals surface area contributed by atoms with Gasteiger partial charge >= 0.3 is 0 Å². The van der Waals surface area contributed by atoms with Crippen LogP contribution in [0, 0.1) is 6.92 Å². The molecule has 0 saturated heterocycles. The summed E-state index contributed by atoms with van der Waals surface area (Å²) in [6.45, 7) is 2.08. The summed E-state index contributed by atoms with van der Waals surface area (Å²) < 4.78 is 31.3. The predicted octanol–water partition coefficient (Wildman–Crippen LogP) is 3.20. The zero-order chi connectivity index (χ0) is 18.9. The number of fused-ring (bicyclic) bond motifs is 1. The summed E-state index contributed by atoms with van der Waals surface area (Å²) in [6, 6.07) is 12.1. The standard InChI is InChI=1S/C18H19ClN2O4S/c1-12-3-6-14(7-4-12)20-18(22)17-9-10-21(26(2,23)24)15-11-13(19)5-8-16(15)25-17/h3-8,11,17H,9-10H2,1-2H3,(H,20,22)/t17-/m1/s1. The zero-order valence-corrected chi connectivity index (χ0v) is 16.0. The fraction of sp³-hybridized carbons (Fsp3) is 0.278. The van der Waals surface area contributed by atoms with Crippen molar-refractivity contribution in [2.45, 2.75) is 19.4 Å². The highest BCUT2D eigenvalue weighted by atomic mass is 35.5. The first-order chi connectivity index (χ1) is 12.2. The molecule has 8 heteroatoms. The molecule has 1 heterocycles. The number of hydrogen-bond acceptors (Lipinski definition) is 4. The summed E-state index contributed by atoms with van der Waals surface area (Å²) in [7, 11) is -3.53. The van der Waals surface area contributed by atoms with Gasteiger partial charge in [0, 0.05) is 23.7 Å². The molecule has 26 heavy (non-hydrogen) atoms. The Balaban J connectivity index is 1.86. The van der Waals surface area contributed by atoms with Gasteiger partial charge in [0.25, 0.3) is 5.91 Å². The maximum atomic E-state index is 12.6. The van der Waals surface area contributed by atoms with Gasteiger partial charge in [-0.05, 0) is 37.3 Å². The third-order valence-electron chi connectivity index (χ3n) is 4.07. The van der Waals surface area contributed by atoms with E-state index in [1.54, 1.807) is 24.3 Å². The van der Waals surface area contributed by atoms with Crippen LogP contribution in [0.4, 0.5) is 11.4 Å². The second kappa shape index (κ2) is 7.17. The van der Waals surface area contributed by atoms with Gasteiger partial charge in [-0.1, -0.05) is 29.3 Å². The molecule has 0 saturated carbocycles. The average Bonchev–Trinajstić information content (AvgIpc) is 2.76. The van der Waals surface area contributed by atoms with Crippen LogP contribution in [0.5, 0.6) is 5.75 Å². The van der Waals surface area contributed by atoms with Gasteiger partial charge in [-0.2, -0.15) is 0 Å². The zero-order valence-electron chi connectivity index (χ0n) is 14.4. The van der Waals surface area contributed by atoms with Gasteiger partial charge in [0.2, 0.25) is 10.0 Å². The molecule has 2 aromatic rings. The van der Waals surface area contributed by atoms with E-state index < -0.39 is 16.1 Å². The first-order valence-electron chi connectivity index (χ1n) is 8.05. The van der Waals surface area contributed by atoms with E-state index in [4.69, 9.17) is 16.3 Å². The number of nitrogens with zero attached hydrogens (tertiary/aromatic N) is 1. The summed E-state index contributed by atoms with van der Waals surface area (Å²) in [5.41, 5.74) is 2.08. The van der Waals surface area contributed by atoms with E-state index in [0.29, 0.717) is 22.1 Å². The van der Waals surface area contributed by atoms with Gasteiger partial charge in [0.05, 0.1) is 11.9 Å². The lowest BCUT2D eigenvalue weighted by Gasteiger charge is -2.21. The summed E-state index contributed by atoms with van der Waals surface area (Å²) in [5, 5.41) is 3.20. The van der Waals surface area contributed by atoms with Gasteiger partial charge in [-0.25, -0.2) is 8.42 Å². The number of sulfonamides is 1. The number of hydrogen-bond donors (Lipinski definition) is 1. The van der Waals surface area contributed by atoms with Gasteiger partial charge in [-0.3, -0.25) is 9.10 Å². The summed E-state index contributed by atoms with van der Waals surface area (Å²) in [4.78, 5) is 12.6. The first-order valence-corrected chi connectivity index (χ1v) is 10.3. The minimum absolute atomic E-state index is 0.123. The van der Waals surface area contributed by atoms with Crippen molar-refractivity contribution in [3.05, 3.63) is 53.1 Å². The predicted molar refractivity (Wildman–Crippen MR) is 102 cm³/mol. The highest BCUT2D eigenvalue weighted by Gasteiger charge is 2.31. The summed E-state index contributed by atoms with van der Waals surface area (Å²) >= 11 is 6.01. The lowest BCUT2D eigenvalue weighted by atomic mass is 10.2. The van der Waals surface area contributed by atoms with Crippen LogP contribution in [-0.2, 0) is 14.8 Å². The molecule has 3 rings (SSSR count). The van der Waals surface area contributed by atoms with E-state index in [0.717, 1.165) is 11.8 Å². The number of halogens is 1. The van der Waals surface area contributed by atoms with Gasteiger partial charge < -0.3 is 10.1 Å². The Bertz CT molecular complexity index is 929. The Morgan fingerprint density at radius 2 is 1.92 bits per heavy atom. The highest BCUT2D eigenvalue weighted by Crippen LogP contribution is 2.36. The summed E-state index contributed by atoms with van der Waals surface area (Å²) in [5.74, 6) is -0.0218. The lowest BCUT2D eigenvalue weighted by Crippen LogP contribution is -2.35. The number of ether oxygens (including phenoxy) is 1. The number of nitrogens with one attached hydrogen (secondary N) is 1. The van der Waals surface area contributed by atoms with Crippen LogP contribution in [0.1, 0.15) is 12.0 Å². The Morgan fingerprint density at radius 1 is 1.23 bits per heavy atom. The van der Waals surface area contributed by atoms with Crippen molar-refractivity contribution in [3.63, 3.8) is 0 Å². The second-order valence-corrected chi connectivity index (χ2v) is 8.54. The topological polar surface area (TPSA) is 75.7 Å². The van der Waals surface area contributed by atoms with Crippen LogP contribution in [0.15, 0.2) is 42.5 Å². The highest BCUT2D eigenvalue weighted by molar-refractivity contribution is 7.92. The van der Waals surface area contributed by atoms with Crippen LogP contribution in [0.3, 0.4) is 0 Å². The molecular formula is C18H19ClN2O4S. The monoisotopic (exact) mass is 394 g/mol. The molecule has 2 aromatic carbocycles. The third kappa shape index (κ3) is 4.11. The van der Waals surface area contributed by atoms with Crippen molar-refractivity contribution >= 4 is 38.9 Å². The fourth-order valence-electron chi connectivity index (χ4n) is 2.74. The van der Waals surface area contributed by atoms with Crippen molar-refractivity contribution in [2.24, 2.45) is 0 Å². The van der Waals surface area contributed by atoms with E-state index in [1.165, 1.54) is 10.4 Å². The molecule has 0 unspecified atom stereocenters. The Morgan fingerprint density at radius 3 is 2.58 bits per heavy atom. The lowest BCUT2D eigenvalue weighted by molar-refractivity contribution is -0.122. The van der Waals surface area contributed by atoms with Crippen LogP contribution in [-0.4, -0.2) is 33.2 Å². The number of anilines is 2. The van der Waals surface area contributed by atoms with Crippen molar-refractivity contribution in [1.82, 2.24) is 0 Å². The fourth-order valence-corrected chi connectivity index (χ4v) is 3.84. The third-order valence-corrected chi connectivity index (χ3v) is 5.48. The van der Waals surface area contributed by atoms with Crippen LogP contribution < -0.4 is 14.4 Å². The maximum Gasteiger partial charge on any atom is 0.265 e. The molecule has 1 aliphatic heterocycles. The first kappa shape index (κ1) is 18.5. The second-order valence-electron chi connectivity index (χ2n) is 6.20. The summed E-state index contributed by atoms with van der Waals surface area (Å²) in [6.07, 6.45) is 0.518. The number of carbonyl (C=O) groups excluding carboxylic acids is 1. The quantitative estimate of drug-likeness (QED) is 0.867. The molecule has 0 aliphatic carbocycles. The molecular weight excluding hydrogens is 376 g/mol. The van der Waals surface area contributed by atoms with E-state index >= 15 is 0 Å². The SMILES string of the molecule is Cc1ccc(NC(=O)[C@H]2CCN(S(C)(=O)=O)c3cc(Cl)ccc3O2)cc1. The Labute approximate surface area is 157 Å². The van der Waals surface area contributed by atoms with E-state index in [1.807, 2.05) is 19.1 Å². The maximum absolute atomic E-state index is 12.6. The number of rotatable bonds is 3. The number of aryl methyl sites for hydroxylation is 1. The molecule has 1 amide bonds. The van der Waals surface area contributed by atoms with Crippen molar-refractivity contribution < 1.29 is 17.9 Å². The minimum Gasteiger partial charge on any atom is -0.478 e. The van der Waals surface area contributed by atoms with Gasteiger partial charge in [0.15, 0.2) is 6.10 Å². The molecule has 6 nitrogen and oxygen atoms in total.